The first-order valence-corrected chi connectivity index (χ1v) is 9.35. The van der Waals surface area contributed by atoms with Gasteiger partial charge in [0.15, 0.2) is 10.5 Å². The highest BCUT2D eigenvalue weighted by molar-refractivity contribution is 7.16. The number of thiazole rings is 1. The molecule has 138 valence electrons. The summed E-state index contributed by atoms with van der Waals surface area (Å²) >= 11 is 1.28. The van der Waals surface area contributed by atoms with Crippen LogP contribution in [0.5, 0.6) is 0 Å². The number of aromatic nitrogens is 3. The van der Waals surface area contributed by atoms with Crippen molar-refractivity contribution in [3.63, 3.8) is 0 Å². The molecular weight excluding hydrogens is 355 g/mol. The van der Waals surface area contributed by atoms with Crippen LogP contribution in [0, 0.1) is 12.7 Å². The van der Waals surface area contributed by atoms with Crippen molar-refractivity contribution in [3.05, 3.63) is 46.3 Å². The van der Waals surface area contributed by atoms with Gasteiger partial charge in [-0.2, -0.15) is 10.1 Å². The molecule has 0 saturated carbocycles. The number of benzene rings is 1. The van der Waals surface area contributed by atoms with Gasteiger partial charge >= 0.3 is 0 Å². The summed E-state index contributed by atoms with van der Waals surface area (Å²) in [4.78, 5) is 17.3. The first kappa shape index (κ1) is 18.5. The molecule has 0 bridgehead atoms. The number of fused-ring (bicyclic) bond motifs is 1. The molecule has 26 heavy (non-hydrogen) atoms. The molecule has 3 rings (SSSR count). The lowest BCUT2D eigenvalue weighted by molar-refractivity contribution is 0.0991. The van der Waals surface area contributed by atoms with Crippen molar-refractivity contribution in [1.82, 2.24) is 14.3 Å². The van der Waals surface area contributed by atoms with E-state index in [0.717, 1.165) is 15.9 Å². The Morgan fingerprint density at radius 1 is 1.35 bits per heavy atom. The van der Waals surface area contributed by atoms with Gasteiger partial charge in [-0.15, -0.1) is 0 Å². The van der Waals surface area contributed by atoms with Crippen LogP contribution in [0.2, 0.25) is 0 Å². The second-order valence-corrected chi connectivity index (χ2v) is 6.76. The highest BCUT2D eigenvalue weighted by Crippen LogP contribution is 2.19. The van der Waals surface area contributed by atoms with E-state index < -0.39 is 5.91 Å². The summed E-state index contributed by atoms with van der Waals surface area (Å²) in [6, 6.07) is 6.29. The highest BCUT2D eigenvalue weighted by Gasteiger charge is 2.13. The van der Waals surface area contributed by atoms with Gasteiger partial charge in [0.2, 0.25) is 0 Å². The topological polar surface area (TPSA) is 61.4 Å². The Morgan fingerprint density at radius 2 is 2.15 bits per heavy atom. The summed E-state index contributed by atoms with van der Waals surface area (Å²) in [6.07, 6.45) is 0. The predicted octanol–water partition coefficient (Wildman–Crippen LogP) is 3.14. The number of hydrogen-bond donors (Lipinski definition) is 0. The number of amides is 1. The summed E-state index contributed by atoms with van der Waals surface area (Å²) in [5.74, 6) is -0.719. The molecule has 3 aromatic rings. The van der Waals surface area contributed by atoms with E-state index in [4.69, 9.17) is 4.74 Å². The molecule has 0 N–H and O–H groups in total. The van der Waals surface area contributed by atoms with E-state index >= 15 is 0 Å². The molecule has 2 heterocycles. The molecule has 0 aliphatic rings. The summed E-state index contributed by atoms with van der Waals surface area (Å²) in [7, 11) is 0. The average molecular weight is 376 g/mol. The van der Waals surface area contributed by atoms with Crippen molar-refractivity contribution in [2.24, 2.45) is 4.99 Å². The fourth-order valence-electron chi connectivity index (χ4n) is 2.73. The van der Waals surface area contributed by atoms with Crippen molar-refractivity contribution < 1.29 is 13.9 Å². The van der Waals surface area contributed by atoms with Crippen molar-refractivity contribution in [3.8, 4) is 0 Å². The molecule has 1 aromatic carbocycles. The fourth-order valence-corrected chi connectivity index (χ4v) is 3.81. The standard InChI is InChI=1S/C18H21FN4O2S/c1-4-23-12(3)10-14(21-23)17(24)20-18-22(8-9-25-5-2)15-7-6-13(19)11-16(15)26-18/h6-7,10-11H,4-5,8-9H2,1-3H3. The van der Waals surface area contributed by atoms with E-state index in [1.54, 1.807) is 16.8 Å². The van der Waals surface area contributed by atoms with Gasteiger partial charge in [0.05, 0.1) is 16.8 Å². The molecule has 0 radical (unpaired) electrons. The van der Waals surface area contributed by atoms with Crippen molar-refractivity contribution >= 4 is 27.5 Å². The van der Waals surface area contributed by atoms with Gasteiger partial charge in [-0.1, -0.05) is 11.3 Å². The fraction of sp³-hybridized carbons (Fsp3) is 0.389. The first-order valence-electron chi connectivity index (χ1n) is 8.53. The molecule has 1 amide bonds. The van der Waals surface area contributed by atoms with Gasteiger partial charge in [-0.25, -0.2) is 4.39 Å². The Kier molecular flexibility index (Phi) is 5.63. The zero-order chi connectivity index (χ0) is 18.7. The summed E-state index contributed by atoms with van der Waals surface area (Å²) in [5.41, 5.74) is 2.05. The zero-order valence-electron chi connectivity index (χ0n) is 15.0. The number of hydrogen-bond acceptors (Lipinski definition) is 4. The van der Waals surface area contributed by atoms with Gasteiger partial charge in [0, 0.05) is 25.4 Å². The molecule has 0 aliphatic heterocycles. The predicted molar refractivity (Wildman–Crippen MR) is 98.8 cm³/mol. The Hall–Kier alpha value is -2.32. The summed E-state index contributed by atoms with van der Waals surface area (Å²) in [6.45, 7) is 8.11. The van der Waals surface area contributed by atoms with Gasteiger partial charge in [0.25, 0.3) is 5.91 Å². The molecule has 0 unspecified atom stereocenters. The van der Waals surface area contributed by atoms with E-state index in [9.17, 15) is 9.18 Å². The Balaban J connectivity index is 2.04. The summed E-state index contributed by atoms with van der Waals surface area (Å²) in [5, 5.41) is 4.28. The second-order valence-electron chi connectivity index (χ2n) is 5.75. The Bertz CT molecular complexity index is 1000. The number of aryl methyl sites for hydroxylation is 2. The van der Waals surface area contributed by atoms with Crippen molar-refractivity contribution in [2.75, 3.05) is 13.2 Å². The lowest BCUT2D eigenvalue weighted by Crippen LogP contribution is -2.20. The van der Waals surface area contributed by atoms with Gasteiger partial charge in [0.1, 0.15) is 5.82 Å². The number of rotatable bonds is 6. The SMILES string of the molecule is CCOCCn1c(=NC(=O)c2cc(C)n(CC)n2)sc2cc(F)ccc21. The minimum Gasteiger partial charge on any atom is -0.380 e. The monoisotopic (exact) mass is 376 g/mol. The van der Waals surface area contributed by atoms with Crippen LogP contribution in [-0.4, -0.2) is 33.5 Å². The third-order valence-corrected chi connectivity index (χ3v) is 5.05. The van der Waals surface area contributed by atoms with Crippen LogP contribution in [0.3, 0.4) is 0 Å². The third kappa shape index (κ3) is 3.76. The maximum atomic E-state index is 13.6. The molecule has 0 atom stereocenters. The van der Waals surface area contributed by atoms with E-state index in [1.165, 1.54) is 23.5 Å². The van der Waals surface area contributed by atoms with Crippen molar-refractivity contribution in [1.29, 1.82) is 0 Å². The first-order chi connectivity index (χ1) is 12.5. The molecule has 6 nitrogen and oxygen atoms in total. The lowest BCUT2D eigenvalue weighted by Gasteiger charge is -2.05. The molecule has 0 spiro atoms. The number of carbonyl (C=O) groups is 1. The van der Waals surface area contributed by atoms with Crippen LogP contribution in [-0.2, 0) is 17.8 Å². The number of nitrogens with zero attached hydrogens (tertiary/aromatic N) is 4. The quantitative estimate of drug-likeness (QED) is 0.621. The molecular formula is C18H21FN4O2S. The van der Waals surface area contributed by atoms with Crippen molar-refractivity contribution in [2.45, 2.75) is 33.9 Å². The number of halogens is 1. The van der Waals surface area contributed by atoms with E-state index in [-0.39, 0.29) is 5.82 Å². The van der Waals surface area contributed by atoms with Crippen LogP contribution in [0.1, 0.15) is 30.0 Å². The maximum absolute atomic E-state index is 13.6. The normalized spacial score (nSPS) is 12.2. The van der Waals surface area contributed by atoms with E-state index in [0.29, 0.717) is 36.8 Å². The molecule has 0 fully saturated rings. The Morgan fingerprint density at radius 3 is 2.85 bits per heavy atom. The zero-order valence-corrected chi connectivity index (χ0v) is 15.8. The minimum atomic E-state index is -0.405. The highest BCUT2D eigenvalue weighted by atomic mass is 32.1. The molecule has 0 saturated heterocycles. The van der Waals surface area contributed by atoms with Crippen LogP contribution in [0.25, 0.3) is 10.2 Å². The summed E-state index contributed by atoms with van der Waals surface area (Å²) < 4.78 is 23.4. The second kappa shape index (κ2) is 7.92. The van der Waals surface area contributed by atoms with Crippen LogP contribution >= 0.6 is 11.3 Å². The maximum Gasteiger partial charge on any atom is 0.300 e. The molecule has 0 aliphatic carbocycles. The van der Waals surface area contributed by atoms with Crippen LogP contribution in [0.15, 0.2) is 29.3 Å². The Labute approximate surface area is 154 Å². The molecule has 8 heteroatoms. The molecule has 2 aromatic heterocycles. The minimum absolute atomic E-state index is 0.310. The van der Waals surface area contributed by atoms with E-state index in [1.807, 2.05) is 25.3 Å². The van der Waals surface area contributed by atoms with Gasteiger partial charge < -0.3 is 9.30 Å². The average Bonchev–Trinajstić information content (AvgIpc) is 3.15. The number of ether oxygens (including phenoxy) is 1. The third-order valence-electron chi connectivity index (χ3n) is 4.01. The van der Waals surface area contributed by atoms with E-state index in [2.05, 4.69) is 10.1 Å². The van der Waals surface area contributed by atoms with Crippen LogP contribution < -0.4 is 4.80 Å². The largest absolute Gasteiger partial charge is 0.380 e. The van der Waals surface area contributed by atoms with Crippen LogP contribution in [0.4, 0.5) is 4.39 Å². The van der Waals surface area contributed by atoms with Gasteiger partial charge in [-0.3, -0.25) is 9.48 Å². The number of carbonyl (C=O) groups excluding carboxylic acids is 1. The smallest absolute Gasteiger partial charge is 0.300 e. The van der Waals surface area contributed by atoms with Gasteiger partial charge in [-0.05, 0) is 45.0 Å². The lowest BCUT2D eigenvalue weighted by atomic mass is 10.3.